The summed E-state index contributed by atoms with van der Waals surface area (Å²) in [5.41, 5.74) is 6.18. The van der Waals surface area contributed by atoms with E-state index in [0.29, 0.717) is 0 Å². The van der Waals surface area contributed by atoms with Crippen molar-refractivity contribution >= 4 is 5.69 Å². The highest BCUT2D eigenvalue weighted by Gasteiger charge is 1.72. The molecule has 0 unspecified atom stereocenters. The van der Waals surface area contributed by atoms with Gasteiger partial charge in [-0.25, -0.2) is 0 Å². The Hall–Kier alpha value is -0.980. The molecule has 0 aliphatic carbocycles. The second-order valence-electron chi connectivity index (χ2n) is 1.41. The molecular weight excluding hydrogens is 86.1 g/mol. The van der Waals surface area contributed by atoms with Crippen molar-refractivity contribution in [3.05, 3.63) is 30.3 Å². The molecule has 0 atom stereocenters. The molecule has 0 aliphatic heterocycles. The minimum Gasteiger partial charge on any atom is -0.399 e. The summed E-state index contributed by atoms with van der Waals surface area (Å²) in [7, 11) is 0. The van der Waals surface area contributed by atoms with Gasteiger partial charge < -0.3 is 5.73 Å². The maximum Gasteiger partial charge on any atom is 0.0313 e. The van der Waals surface area contributed by atoms with Crippen molar-refractivity contribution < 1.29 is 1.43 Å². The molecule has 1 aromatic rings. The van der Waals surface area contributed by atoms with E-state index in [2.05, 4.69) is 0 Å². The van der Waals surface area contributed by atoms with E-state index >= 15 is 0 Å². The predicted octanol–water partition coefficient (Wildman–Crippen LogP) is 1.51. The van der Waals surface area contributed by atoms with Crippen LogP contribution >= 0.6 is 0 Å². The number of rotatable bonds is 0. The summed E-state index contributed by atoms with van der Waals surface area (Å²) >= 11 is 0. The molecule has 1 rings (SSSR count). The Balaban J connectivity index is 0.000000490. The first kappa shape index (κ1) is 4.19. The zero-order valence-corrected chi connectivity index (χ0v) is 3.96. The fourth-order valence-electron chi connectivity index (χ4n) is 0.453. The molecule has 0 saturated heterocycles. The molecule has 0 heterocycles. The number of nitrogen functional groups attached to an aromatic ring is 1. The maximum absolute atomic E-state index is 5.36. The highest BCUT2D eigenvalue weighted by atomic mass is 14.5. The van der Waals surface area contributed by atoms with Gasteiger partial charge in [0, 0.05) is 7.11 Å². The summed E-state index contributed by atoms with van der Waals surface area (Å²) in [5, 5.41) is 0. The van der Waals surface area contributed by atoms with Crippen LogP contribution < -0.4 is 5.73 Å². The number of benzene rings is 1. The Morgan fingerprint density at radius 3 is 2.00 bits per heavy atom. The summed E-state index contributed by atoms with van der Waals surface area (Å²) < 4.78 is 0. The lowest BCUT2D eigenvalue weighted by atomic mass is 10.3. The molecule has 0 bridgehead atoms. The first-order valence-electron chi connectivity index (χ1n) is 2.20. The summed E-state index contributed by atoms with van der Waals surface area (Å²) in [6.45, 7) is 0. The van der Waals surface area contributed by atoms with Crippen LogP contribution in [-0.4, -0.2) is 0 Å². The smallest absolute Gasteiger partial charge is 0.0313 e. The zero-order valence-electron chi connectivity index (χ0n) is 3.96. The molecule has 2 N–H and O–H groups in total. The summed E-state index contributed by atoms with van der Waals surface area (Å²) in [5.74, 6) is 0. The van der Waals surface area contributed by atoms with Crippen molar-refractivity contribution in [1.82, 2.24) is 0 Å². The fraction of sp³-hybridized carbons (Fsp3) is 0. The number of para-hydroxylation sites is 1. The van der Waals surface area contributed by atoms with Crippen LogP contribution in [-0.2, 0) is 0 Å². The number of hydrogen-bond donors (Lipinski definition) is 1. The fourth-order valence-corrected chi connectivity index (χ4v) is 0.453. The van der Waals surface area contributed by atoms with Crippen LogP contribution in [0.5, 0.6) is 0 Å². The third-order valence-electron chi connectivity index (χ3n) is 0.800. The van der Waals surface area contributed by atoms with Gasteiger partial charge in [-0.15, -0.1) is 0 Å². The van der Waals surface area contributed by atoms with E-state index in [-0.39, 0.29) is 1.43 Å². The Morgan fingerprint density at radius 1 is 1.14 bits per heavy atom. The van der Waals surface area contributed by atoms with Crippen LogP contribution in [0.4, 0.5) is 5.69 Å². The van der Waals surface area contributed by atoms with E-state index < -0.39 is 0 Å². The Kier molecular flexibility index (Phi) is 0.984. The normalized spacial score (nSPS) is 8.57. The summed E-state index contributed by atoms with van der Waals surface area (Å²) in [6, 6.07) is 9.49. The van der Waals surface area contributed by atoms with Gasteiger partial charge in [0.05, 0.1) is 0 Å². The van der Waals surface area contributed by atoms with E-state index in [4.69, 9.17) is 5.73 Å². The van der Waals surface area contributed by atoms with Crippen LogP contribution in [0.2, 0.25) is 0 Å². The molecular formula is C6H9N. The van der Waals surface area contributed by atoms with Crippen molar-refractivity contribution in [3.8, 4) is 0 Å². The molecule has 38 valence electrons. The van der Waals surface area contributed by atoms with E-state index in [1.165, 1.54) is 0 Å². The van der Waals surface area contributed by atoms with E-state index in [0.717, 1.165) is 5.69 Å². The van der Waals surface area contributed by atoms with Gasteiger partial charge in [-0.2, -0.15) is 0 Å². The molecule has 7 heavy (non-hydrogen) atoms. The summed E-state index contributed by atoms with van der Waals surface area (Å²) in [4.78, 5) is 0. The SMILES string of the molecule is Nc1ccccc1.[HH]. The number of nitrogens with two attached hydrogens (primary N) is 1. The first-order valence-corrected chi connectivity index (χ1v) is 2.20. The molecule has 0 fully saturated rings. The monoisotopic (exact) mass is 95.1 g/mol. The van der Waals surface area contributed by atoms with Crippen molar-refractivity contribution in [1.29, 1.82) is 0 Å². The third-order valence-corrected chi connectivity index (χ3v) is 0.800. The van der Waals surface area contributed by atoms with Gasteiger partial charge in [0.15, 0.2) is 0 Å². The Bertz CT molecular complexity index is 138. The van der Waals surface area contributed by atoms with Gasteiger partial charge in [0.25, 0.3) is 0 Å². The van der Waals surface area contributed by atoms with Crippen LogP contribution in [0.25, 0.3) is 0 Å². The second-order valence-corrected chi connectivity index (χ2v) is 1.41. The zero-order chi connectivity index (χ0) is 5.11. The average molecular weight is 95.1 g/mol. The molecule has 1 heteroatoms. The van der Waals surface area contributed by atoms with E-state index in [1.807, 2.05) is 30.3 Å². The maximum atomic E-state index is 5.36. The van der Waals surface area contributed by atoms with Crippen LogP contribution in [0.15, 0.2) is 30.3 Å². The largest absolute Gasteiger partial charge is 0.399 e. The van der Waals surface area contributed by atoms with Crippen molar-refractivity contribution in [2.45, 2.75) is 0 Å². The molecule has 1 nitrogen and oxygen atoms in total. The topological polar surface area (TPSA) is 26.0 Å². The minimum absolute atomic E-state index is 0. The highest BCUT2D eigenvalue weighted by molar-refractivity contribution is 5.35. The second kappa shape index (κ2) is 1.65. The van der Waals surface area contributed by atoms with Gasteiger partial charge >= 0.3 is 0 Å². The van der Waals surface area contributed by atoms with Crippen molar-refractivity contribution in [3.63, 3.8) is 0 Å². The van der Waals surface area contributed by atoms with Crippen molar-refractivity contribution in [2.75, 3.05) is 5.73 Å². The van der Waals surface area contributed by atoms with E-state index in [1.54, 1.807) is 0 Å². The van der Waals surface area contributed by atoms with Crippen LogP contribution in [0, 0.1) is 0 Å². The quantitative estimate of drug-likeness (QED) is 0.486. The van der Waals surface area contributed by atoms with Gasteiger partial charge in [0.1, 0.15) is 0 Å². The lowest BCUT2D eigenvalue weighted by Crippen LogP contribution is -1.79. The molecule has 0 aromatic heterocycles. The Labute approximate surface area is 44.3 Å². The lowest BCUT2D eigenvalue weighted by molar-refractivity contribution is 1.69. The molecule has 0 spiro atoms. The average Bonchev–Trinajstić information content (AvgIpc) is 1.69. The van der Waals surface area contributed by atoms with Crippen LogP contribution in [0.3, 0.4) is 0 Å². The van der Waals surface area contributed by atoms with Crippen LogP contribution in [0.1, 0.15) is 1.43 Å². The Morgan fingerprint density at radius 2 is 1.71 bits per heavy atom. The van der Waals surface area contributed by atoms with E-state index in [9.17, 15) is 0 Å². The lowest BCUT2D eigenvalue weighted by Gasteiger charge is -1.83. The molecule has 0 saturated carbocycles. The predicted molar refractivity (Wildman–Crippen MR) is 33.0 cm³/mol. The van der Waals surface area contributed by atoms with Gasteiger partial charge in [0.2, 0.25) is 0 Å². The summed E-state index contributed by atoms with van der Waals surface area (Å²) in [6.07, 6.45) is 0. The molecule has 1 aromatic carbocycles. The molecule has 0 radical (unpaired) electrons. The standard InChI is InChI=1S/C6H7N.H2/c7-6-4-2-1-3-5-6;/h1-5H,7H2;1H. The van der Waals surface area contributed by atoms with Gasteiger partial charge in [-0.05, 0) is 12.1 Å². The van der Waals surface area contributed by atoms with Gasteiger partial charge in [-0.3, -0.25) is 0 Å². The van der Waals surface area contributed by atoms with Gasteiger partial charge in [-0.1, -0.05) is 18.2 Å². The molecule has 0 amide bonds. The highest BCUT2D eigenvalue weighted by Crippen LogP contribution is 1.95. The first-order chi connectivity index (χ1) is 3.39. The minimum atomic E-state index is 0. The number of anilines is 1. The molecule has 0 aliphatic rings. The van der Waals surface area contributed by atoms with Crippen molar-refractivity contribution in [2.24, 2.45) is 0 Å². The number of hydrogen-bond acceptors (Lipinski definition) is 1. The third kappa shape index (κ3) is 0.929.